The van der Waals surface area contributed by atoms with Crippen molar-refractivity contribution >= 4 is 5.91 Å². The maximum Gasteiger partial charge on any atom is 0.246 e. The van der Waals surface area contributed by atoms with Gasteiger partial charge in [-0.25, -0.2) is 4.98 Å². The van der Waals surface area contributed by atoms with Gasteiger partial charge in [-0.3, -0.25) is 4.79 Å². The summed E-state index contributed by atoms with van der Waals surface area (Å²) in [5, 5.41) is 3.92. The first-order valence-electron chi connectivity index (χ1n) is 6.88. The minimum absolute atomic E-state index is 0.00896. The maximum atomic E-state index is 12.6. The standard InChI is InChI=1S/C14H18N4O2/c1-10-8-13(20-16-10)12-4-3-6-18(12)14(19)11(2)17-7-5-15-9-17/h5,7-9,11-12H,3-4,6H2,1-2H3/t11-,12-/m0/s1. The lowest BCUT2D eigenvalue weighted by Crippen LogP contribution is -2.35. The van der Waals surface area contributed by atoms with Gasteiger partial charge in [0.1, 0.15) is 6.04 Å². The van der Waals surface area contributed by atoms with Crippen molar-refractivity contribution in [3.8, 4) is 0 Å². The molecule has 1 aliphatic heterocycles. The number of carbonyl (C=O) groups excluding carboxylic acids is 1. The van der Waals surface area contributed by atoms with Gasteiger partial charge in [0, 0.05) is 25.0 Å². The molecule has 2 aromatic heterocycles. The van der Waals surface area contributed by atoms with E-state index in [-0.39, 0.29) is 18.0 Å². The van der Waals surface area contributed by atoms with Gasteiger partial charge in [-0.1, -0.05) is 5.16 Å². The first kappa shape index (κ1) is 12.9. The molecule has 6 heteroatoms. The van der Waals surface area contributed by atoms with E-state index in [4.69, 9.17) is 4.52 Å². The van der Waals surface area contributed by atoms with Gasteiger partial charge in [0.25, 0.3) is 0 Å². The molecule has 1 fully saturated rings. The Balaban J connectivity index is 1.80. The minimum atomic E-state index is -0.248. The van der Waals surface area contributed by atoms with E-state index in [9.17, 15) is 4.79 Å². The van der Waals surface area contributed by atoms with E-state index in [1.54, 1.807) is 12.5 Å². The van der Waals surface area contributed by atoms with Gasteiger partial charge in [0.05, 0.1) is 18.1 Å². The molecule has 6 nitrogen and oxygen atoms in total. The molecule has 2 atom stereocenters. The zero-order valence-electron chi connectivity index (χ0n) is 11.7. The van der Waals surface area contributed by atoms with Crippen LogP contribution in [0.15, 0.2) is 29.3 Å². The molecule has 0 radical (unpaired) electrons. The van der Waals surface area contributed by atoms with Crippen LogP contribution < -0.4 is 0 Å². The average Bonchev–Trinajstić information content (AvgIpc) is 3.17. The smallest absolute Gasteiger partial charge is 0.246 e. The molecule has 0 unspecified atom stereocenters. The van der Waals surface area contributed by atoms with E-state index in [1.165, 1.54) is 0 Å². The number of hydrogen-bond acceptors (Lipinski definition) is 4. The summed E-state index contributed by atoms with van der Waals surface area (Å²) in [6.07, 6.45) is 7.09. The highest BCUT2D eigenvalue weighted by atomic mass is 16.5. The highest BCUT2D eigenvalue weighted by molar-refractivity contribution is 5.80. The quantitative estimate of drug-likeness (QED) is 0.859. The van der Waals surface area contributed by atoms with Crippen LogP contribution in [0.5, 0.6) is 0 Å². The van der Waals surface area contributed by atoms with Gasteiger partial charge >= 0.3 is 0 Å². The average molecular weight is 274 g/mol. The Morgan fingerprint density at radius 2 is 2.40 bits per heavy atom. The molecule has 3 rings (SSSR count). The third kappa shape index (κ3) is 2.21. The van der Waals surface area contributed by atoms with E-state index < -0.39 is 0 Å². The molecule has 1 aliphatic rings. The van der Waals surface area contributed by atoms with Crippen molar-refractivity contribution in [3.63, 3.8) is 0 Å². The van der Waals surface area contributed by atoms with Crippen molar-refractivity contribution in [1.82, 2.24) is 19.6 Å². The normalized spacial score (nSPS) is 20.3. The van der Waals surface area contributed by atoms with Crippen molar-refractivity contribution in [2.75, 3.05) is 6.54 Å². The lowest BCUT2D eigenvalue weighted by Gasteiger charge is -2.26. The van der Waals surface area contributed by atoms with E-state index in [0.29, 0.717) is 0 Å². The van der Waals surface area contributed by atoms with Crippen LogP contribution in [0.25, 0.3) is 0 Å². The molecule has 0 N–H and O–H groups in total. The maximum absolute atomic E-state index is 12.6. The number of carbonyl (C=O) groups is 1. The fourth-order valence-corrected chi connectivity index (χ4v) is 2.73. The summed E-state index contributed by atoms with van der Waals surface area (Å²) in [6, 6.07) is 1.68. The third-order valence-electron chi connectivity index (χ3n) is 3.84. The van der Waals surface area contributed by atoms with Gasteiger partial charge in [-0.2, -0.15) is 0 Å². The highest BCUT2D eigenvalue weighted by Crippen LogP contribution is 2.33. The number of aromatic nitrogens is 3. The lowest BCUT2D eigenvalue weighted by atomic mass is 10.1. The fraction of sp³-hybridized carbons (Fsp3) is 0.500. The monoisotopic (exact) mass is 274 g/mol. The van der Waals surface area contributed by atoms with Gasteiger partial charge in [0.15, 0.2) is 5.76 Å². The molecule has 3 heterocycles. The summed E-state index contributed by atoms with van der Waals surface area (Å²) < 4.78 is 7.16. The summed E-state index contributed by atoms with van der Waals surface area (Å²) in [5.74, 6) is 0.880. The van der Waals surface area contributed by atoms with Crippen LogP contribution in [-0.4, -0.2) is 32.1 Å². The molecule has 1 saturated heterocycles. The highest BCUT2D eigenvalue weighted by Gasteiger charge is 2.34. The Hall–Kier alpha value is -2.11. The number of rotatable bonds is 3. The first-order valence-corrected chi connectivity index (χ1v) is 6.88. The first-order chi connectivity index (χ1) is 9.66. The Morgan fingerprint density at radius 3 is 3.05 bits per heavy atom. The summed E-state index contributed by atoms with van der Waals surface area (Å²) in [5.41, 5.74) is 0.849. The topological polar surface area (TPSA) is 64.2 Å². The Bertz CT molecular complexity index is 590. The number of nitrogens with zero attached hydrogens (tertiary/aromatic N) is 4. The Labute approximate surface area is 117 Å². The molecule has 20 heavy (non-hydrogen) atoms. The number of hydrogen-bond donors (Lipinski definition) is 0. The van der Waals surface area contributed by atoms with Crippen LogP contribution in [0.1, 0.15) is 43.3 Å². The molecule has 2 aromatic rings. The van der Waals surface area contributed by atoms with Crippen LogP contribution >= 0.6 is 0 Å². The van der Waals surface area contributed by atoms with Gasteiger partial charge in [-0.15, -0.1) is 0 Å². The summed E-state index contributed by atoms with van der Waals surface area (Å²) in [6.45, 7) is 4.55. The van der Waals surface area contributed by atoms with Crippen LogP contribution in [0.3, 0.4) is 0 Å². The second kappa shape index (κ2) is 5.11. The summed E-state index contributed by atoms with van der Waals surface area (Å²) in [4.78, 5) is 18.5. The van der Waals surface area contributed by atoms with E-state index >= 15 is 0 Å². The second-order valence-corrected chi connectivity index (χ2v) is 5.25. The molecule has 0 spiro atoms. The SMILES string of the molecule is Cc1cc([C@@H]2CCCN2C(=O)[C@H](C)n2ccnc2)on1. The fourth-order valence-electron chi connectivity index (χ4n) is 2.73. The molecule has 1 amide bonds. The van der Waals surface area contributed by atoms with Gasteiger partial charge < -0.3 is 14.0 Å². The minimum Gasteiger partial charge on any atom is -0.359 e. The van der Waals surface area contributed by atoms with Crippen LogP contribution in [0, 0.1) is 6.92 Å². The molecule has 0 aliphatic carbocycles. The largest absolute Gasteiger partial charge is 0.359 e. The molecule has 106 valence electrons. The van der Waals surface area contributed by atoms with Crippen LogP contribution in [0.2, 0.25) is 0 Å². The summed E-state index contributed by atoms with van der Waals surface area (Å²) >= 11 is 0. The Morgan fingerprint density at radius 1 is 1.55 bits per heavy atom. The number of aryl methyl sites for hydroxylation is 1. The Kier molecular flexibility index (Phi) is 3.30. The van der Waals surface area contributed by atoms with Crippen molar-refractivity contribution in [3.05, 3.63) is 36.2 Å². The summed E-state index contributed by atoms with van der Waals surface area (Å²) in [7, 11) is 0. The van der Waals surface area contributed by atoms with E-state index in [2.05, 4.69) is 10.1 Å². The van der Waals surface area contributed by atoms with Crippen molar-refractivity contribution in [2.45, 2.75) is 38.8 Å². The van der Waals surface area contributed by atoms with Crippen molar-refractivity contribution in [1.29, 1.82) is 0 Å². The molecular weight excluding hydrogens is 256 g/mol. The van der Waals surface area contributed by atoms with E-state index in [1.807, 2.05) is 35.6 Å². The van der Waals surface area contributed by atoms with Crippen LogP contribution in [0.4, 0.5) is 0 Å². The molecule has 0 bridgehead atoms. The number of amides is 1. The van der Waals surface area contributed by atoms with Crippen molar-refractivity contribution < 1.29 is 9.32 Å². The molecule has 0 saturated carbocycles. The zero-order chi connectivity index (χ0) is 14.1. The number of likely N-dealkylation sites (tertiary alicyclic amines) is 1. The molecule has 0 aromatic carbocycles. The number of imidazole rings is 1. The van der Waals surface area contributed by atoms with Crippen molar-refractivity contribution in [2.24, 2.45) is 0 Å². The predicted molar refractivity (Wildman–Crippen MR) is 71.9 cm³/mol. The van der Waals surface area contributed by atoms with Crippen LogP contribution in [-0.2, 0) is 4.79 Å². The van der Waals surface area contributed by atoms with E-state index in [0.717, 1.165) is 30.8 Å². The third-order valence-corrected chi connectivity index (χ3v) is 3.84. The second-order valence-electron chi connectivity index (χ2n) is 5.25. The zero-order valence-corrected chi connectivity index (χ0v) is 11.7. The lowest BCUT2D eigenvalue weighted by molar-refractivity contribution is -0.135. The van der Waals surface area contributed by atoms with Gasteiger partial charge in [0.2, 0.25) is 5.91 Å². The molecular formula is C14H18N4O2. The van der Waals surface area contributed by atoms with Gasteiger partial charge in [-0.05, 0) is 26.7 Å². The predicted octanol–water partition coefficient (Wildman–Crippen LogP) is 2.10.